The number of aromatic nitrogens is 4. The lowest BCUT2D eigenvalue weighted by molar-refractivity contribution is 0.100. The first-order valence-electron chi connectivity index (χ1n) is 9.72. The molecular weight excluding hydrogens is 366 g/mol. The Morgan fingerprint density at radius 1 is 1.38 bits per heavy atom. The molecule has 1 aliphatic rings. The fourth-order valence-electron chi connectivity index (χ4n) is 3.67. The Labute approximate surface area is 169 Å². The predicted octanol–water partition coefficient (Wildman–Crippen LogP) is 2.03. The van der Waals surface area contributed by atoms with Gasteiger partial charge >= 0.3 is 0 Å². The molecule has 0 saturated heterocycles. The van der Waals surface area contributed by atoms with E-state index in [0.29, 0.717) is 23.6 Å². The molecule has 4 rings (SSSR count). The number of benzene rings is 1. The van der Waals surface area contributed by atoms with Gasteiger partial charge in [-0.2, -0.15) is 10.2 Å². The second-order valence-corrected chi connectivity index (χ2v) is 7.11. The van der Waals surface area contributed by atoms with Crippen LogP contribution in [-0.4, -0.2) is 45.1 Å². The zero-order valence-electron chi connectivity index (χ0n) is 16.2. The van der Waals surface area contributed by atoms with Gasteiger partial charge in [0, 0.05) is 31.4 Å². The third-order valence-corrected chi connectivity index (χ3v) is 5.04. The van der Waals surface area contributed by atoms with Crippen LogP contribution < -0.4 is 16.4 Å². The van der Waals surface area contributed by atoms with E-state index in [1.165, 1.54) is 0 Å². The van der Waals surface area contributed by atoms with Gasteiger partial charge in [0.2, 0.25) is 0 Å². The molecule has 0 aliphatic carbocycles. The first kappa shape index (κ1) is 18.9. The topological polar surface area (TPSA) is 103 Å². The van der Waals surface area contributed by atoms with Crippen molar-refractivity contribution in [1.29, 1.82) is 0 Å². The molecule has 4 N–H and O–H groups in total. The summed E-state index contributed by atoms with van der Waals surface area (Å²) in [5.74, 6) is 0.184. The van der Waals surface area contributed by atoms with Crippen LogP contribution in [-0.2, 0) is 6.54 Å². The number of amides is 1. The molecule has 1 aromatic carbocycles. The van der Waals surface area contributed by atoms with Crippen LogP contribution in [0.25, 0.3) is 11.3 Å². The highest BCUT2D eigenvalue weighted by molar-refractivity contribution is 6.03. The fourth-order valence-corrected chi connectivity index (χ4v) is 3.67. The number of nitrogens with two attached hydrogens (primary N) is 1. The molecule has 8 nitrogen and oxygen atoms in total. The predicted molar refractivity (Wildman–Crippen MR) is 113 cm³/mol. The Kier molecular flexibility index (Phi) is 5.44. The number of primary amides is 1. The number of fused-ring (bicyclic) bond motifs is 1. The minimum absolute atomic E-state index is 0.136. The summed E-state index contributed by atoms with van der Waals surface area (Å²) < 4.78 is 3.72. The van der Waals surface area contributed by atoms with Gasteiger partial charge in [0.1, 0.15) is 17.1 Å². The number of hydrogen-bond acceptors (Lipinski definition) is 5. The van der Waals surface area contributed by atoms with Crippen LogP contribution in [0.2, 0.25) is 0 Å². The summed E-state index contributed by atoms with van der Waals surface area (Å²) in [6, 6.07) is 10.2. The van der Waals surface area contributed by atoms with Gasteiger partial charge in [-0.25, -0.2) is 4.68 Å². The van der Waals surface area contributed by atoms with E-state index in [4.69, 9.17) is 10.8 Å². The van der Waals surface area contributed by atoms with E-state index >= 15 is 0 Å². The molecule has 0 saturated carbocycles. The molecule has 0 spiro atoms. The van der Waals surface area contributed by atoms with Crippen LogP contribution in [0.5, 0.6) is 0 Å². The number of nitrogens with zero attached hydrogens (tertiary/aromatic N) is 4. The number of nitrogens with one attached hydrogen (secondary N) is 2. The van der Waals surface area contributed by atoms with E-state index in [1.807, 2.05) is 39.8 Å². The Bertz CT molecular complexity index is 1010. The molecule has 3 aromatic rings. The van der Waals surface area contributed by atoms with Crippen molar-refractivity contribution < 1.29 is 4.79 Å². The van der Waals surface area contributed by atoms with Gasteiger partial charge in [0.15, 0.2) is 0 Å². The van der Waals surface area contributed by atoms with Crippen molar-refractivity contribution in [1.82, 2.24) is 24.9 Å². The van der Waals surface area contributed by atoms with Gasteiger partial charge in [0.05, 0.1) is 18.8 Å². The number of carbonyl (C=O) groups is 1. The lowest BCUT2D eigenvalue weighted by Crippen LogP contribution is -2.32. The van der Waals surface area contributed by atoms with Crippen molar-refractivity contribution in [3.63, 3.8) is 0 Å². The molecule has 1 unspecified atom stereocenters. The van der Waals surface area contributed by atoms with E-state index in [-0.39, 0.29) is 6.04 Å². The van der Waals surface area contributed by atoms with E-state index in [9.17, 15) is 4.79 Å². The normalized spacial score (nSPS) is 15.5. The first-order valence-corrected chi connectivity index (χ1v) is 9.72. The van der Waals surface area contributed by atoms with Gasteiger partial charge in [-0.15, -0.1) is 6.58 Å². The van der Waals surface area contributed by atoms with Gasteiger partial charge in [-0.1, -0.05) is 36.4 Å². The summed E-state index contributed by atoms with van der Waals surface area (Å²) in [7, 11) is 0. The van der Waals surface area contributed by atoms with E-state index in [2.05, 4.69) is 34.4 Å². The highest BCUT2D eigenvalue weighted by Crippen LogP contribution is 2.33. The van der Waals surface area contributed by atoms with Gasteiger partial charge < -0.3 is 16.4 Å². The van der Waals surface area contributed by atoms with Crippen LogP contribution in [0.1, 0.15) is 28.4 Å². The monoisotopic (exact) mass is 391 g/mol. The van der Waals surface area contributed by atoms with Crippen LogP contribution in [0.4, 0.5) is 5.82 Å². The molecular formula is C21H25N7O. The molecule has 2 aromatic heterocycles. The second-order valence-electron chi connectivity index (χ2n) is 7.11. The largest absolute Gasteiger partial charge is 0.370 e. The third kappa shape index (κ3) is 3.93. The number of carbonyl (C=O) groups excluding carboxylic acids is 1. The van der Waals surface area contributed by atoms with Crippen LogP contribution >= 0.6 is 0 Å². The SMILES string of the molecule is C=CCNCC1CCNc2c(C(N)=O)c(-c3cnn(Cc4ccccc4)c3)nn21. The lowest BCUT2D eigenvalue weighted by Gasteiger charge is -2.26. The Hall–Kier alpha value is -3.39. The Balaban J connectivity index is 1.65. The maximum absolute atomic E-state index is 12.3. The smallest absolute Gasteiger partial charge is 0.254 e. The molecule has 0 bridgehead atoms. The van der Waals surface area contributed by atoms with Gasteiger partial charge in [-0.05, 0) is 12.0 Å². The molecule has 0 fully saturated rings. The molecule has 29 heavy (non-hydrogen) atoms. The summed E-state index contributed by atoms with van der Waals surface area (Å²) in [6.07, 6.45) is 6.36. The molecule has 8 heteroatoms. The van der Waals surface area contributed by atoms with Crippen molar-refractivity contribution in [2.75, 3.05) is 25.0 Å². The summed E-state index contributed by atoms with van der Waals surface area (Å²) in [5.41, 5.74) is 8.63. The number of anilines is 1. The molecule has 3 heterocycles. The standard InChI is InChI=1S/C21H25N7O/c1-2-9-23-12-17-8-10-24-21-18(20(22)29)19(26-28(17)21)16-11-25-27(14-16)13-15-6-4-3-5-7-15/h2-7,11,14,17,23-24H,1,8-10,12-13H2,(H2,22,29). The highest BCUT2D eigenvalue weighted by atomic mass is 16.1. The summed E-state index contributed by atoms with van der Waals surface area (Å²) in [5, 5.41) is 15.8. The van der Waals surface area contributed by atoms with Crippen molar-refractivity contribution in [3.8, 4) is 11.3 Å². The van der Waals surface area contributed by atoms with Crippen molar-refractivity contribution >= 4 is 11.7 Å². The lowest BCUT2D eigenvalue weighted by atomic mass is 10.1. The van der Waals surface area contributed by atoms with Crippen molar-refractivity contribution in [2.24, 2.45) is 5.73 Å². The highest BCUT2D eigenvalue weighted by Gasteiger charge is 2.29. The summed E-state index contributed by atoms with van der Waals surface area (Å²) >= 11 is 0. The number of hydrogen-bond donors (Lipinski definition) is 3. The third-order valence-electron chi connectivity index (χ3n) is 5.04. The summed E-state index contributed by atoms with van der Waals surface area (Å²) in [4.78, 5) is 12.3. The second kappa shape index (κ2) is 8.32. The van der Waals surface area contributed by atoms with Gasteiger partial charge in [0.25, 0.3) is 5.91 Å². The fraction of sp³-hybridized carbons (Fsp3) is 0.286. The molecule has 1 atom stereocenters. The zero-order valence-corrected chi connectivity index (χ0v) is 16.2. The maximum atomic E-state index is 12.3. The van der Waals surface area contributed by atoms with Crippen LogP contribution in [0.3, 0.4) is 0 Å². The first-order chi connectivity index (χ1) is 14.2. The average Bonchev–Trinajstić information content (AvgIpc) is 3.33. The molecule has 0 radical (unpaired) electrons. The van der Waals surface area contributed by atoms with Crippen molar-refractivity contribution in [2.45, 2.75) is 19.0 Å². The molecule has 1 aliphatic heterocycles. The maximum Gasteiger partial charge on any atom is 0.254 e. The Morgan fingerprint density at radius 3 is 2.97 bits per heavy atom. The Morgan fingerprint density at radius 2 is 2.21 bits per heavy atom. The van der Waals surface area contributed by atoms with E-state index in [1.54, 1.807) is 6.20 Å². The minimum Gasteiger partial charge on any atom is -0.370 e. The van der Waals surface area contributed by atoms with E-state index < -0.39 is 5.91 Å². The summed E-state index contributed by atoms with van der Waals surface area (Å²) in [6.45, 7) is 6.61. The van der Waals surface area contributed by atoms with Crippen LogP contribution in [0, 0.1) is 0 Å². The van der Waals surface area contributed by atoms with E-state index in [0.717, 1.165) is 37.2 Å². The quantitative estimate of drug-likeness (QED) is 0.403. The molecule has 1 amide bonds. The zero-order chi connectivity index (χ0) is 20.2. The van der Waals surface area contributed by atoms with Crippen LogP contribution in [0.15, 0.2) is 55.4 Å². The number of rotatable bonds is 8. The minimum atomic E-state index is -0.496. The molecule has 150 valence electrons. The van der Waals surface area contributed by atoms with Gasteiger partial charge in [-0.3, -0.25) is 9.48 Å². The average molecular weight is 391 g/mol. The van der Waals surface area contributed by atoms with Crippen molar-refractivity contribution in [3.05, 3.63) is 66.5 Å².